The molecular formula is C23H31IN4O. The van der Waals surface area contributed by atoms with Crippen molar-refractivity contribution in [3.05, 3.63) is 64.7 Å². The topological polar surface area (TPSA) is 70.7 Å². The van der Waals surface area contributed by atoms with E-state index in [1.54, 1.807) is 0 Å². The van der Waals surface area contributed by atoms with E-state index in [1.807, 2.05) is 4.90 Å². The Morgan fingerprint density at radius 2 is 1.69 bits per heavy atom. The monoisotopic (exact) mass is 506 g/mol. The van der Waals surface area contributed by atoms with Gasteiger partial charge in [-0.1, -0.05) is 56.3 Å². The average molecular weight is 506 g/mol. The Morgan fingerprint density at radius 3 is 2.24 bits per heavy atom. The molecule has 2 aromatic carbocycles. The van der Waals surface area contributed by atoms with Gasteiger partial charge in [0, 0.05) is 25.2 Å². The molecule has 0 spiro atoms. The molecule has 0 saturated carbocycles. The van der Waals surface area contributed by atoms with Crippen LogP contribution in [0.1, 0.15) is 48.9 Å². The molecule has 1 saturated heterocycles. The number of halogens is 1. The second-order valence-electron chi connectivity index (χ2n) is 7.22. The maximum atomic E-state index is 11.8. The van der Waals surface area contributed by atoms with Crippen LogP contribution < -0.4 is 11.1 Å². The molecule has 1 aliphatic rings. The van der Waals surface area contributed by atoms with E-state index in [9.17, 15) is 4.79 Å². The lowest BCUT2D eigenvalue weighted by Crippen LogP contribution is -2.24. The number of nitrogens with zero attached hydrogens (tertiary/aromatic N) is 2. The van der Waals surface area contributed by atoms with Crippen molar-refractivity contribution in [1.82, 2.24) is 4.90 Å². The molecule has 1 fully saturated rings. The molecular weight excluding hydrogens is 475 g/mol. The van der Waals surface area contributed by atoms with E-state index >= 15 is 0 Å². The summed E-state index contributed by atoms with van der Waals surface area (Å²) in [5.74, 6) is 0.689. The van der Waals surface area contributed by atoms with Crippen LogP contribution in [0.5, 0.6) is 0 Å². The number of anilines is 1. The van der Waals surface area contributed by atoms with Crippen molar-refractivity contribution in [3.8, 4) is 0 Å². The molecule has 0 radical (unpaired) electrons. The fourth-order valence-electron chi connectivity index (χ4n) is 3.59. The zero-order chi connectivity index (χ0) is 19.9. The molecule has 2 aromatic rings. The van der Waals surface area contributed by atoms with Gasteiger partial charge in [0.25, 0.3) is 0 Å². The Kier molecular flexibility index (Phi) is 8.95. The summed E-state index contributed by atoms with van der Waals surface area (Å²) in [5.41, 5.74) is 12.0. The Hall–Kier alpha value is -2.09. The maximum Gasteiger partial charge on any atom is 0.222 e. The van der Waals surface area contributed by atoms with Crippen LogP contribution in [0.25, 0.3) is 0 Å². The number of carbonyl (C=O) groups excluding carboxylic acids is 1. The lowest BCUT2D eigenvalue weighted by Gasteiger charge is -2.16. The smallest absolute Gasteiger partial charge is 0.222 e. The number of nitrogens with two attached hydrogens (primary N) is 1. The fourth-order valence-corrected chi connectivity index (χ4v) is 3.59. The molecule has 0 aliphatic carbocycles. The van der Waals surface area contributed by atoms with Gasteiger partial charge in [-0.3, -0.25) is 4.79 Å². The molecule has 5 nitrogen and oxygen atoms in total. The lowest BCUT2D eigenvalue weighted by molar-refractivity contribution is -0.128. The van der Waals surface area contributed by atoms with Crippen LogP contribution in [0.2, 0.25) is 0 Å². The Labute approximate surface area is 190 Å². The third-order valence-electron chi connectivity index (χ3n) is 5.25. The summed E-state index contributed by atoms with van der Waals surface area (Å²) in [7, 11) is 0. The third kappa shape index (κ3) is 6.19. The van der Waals surface area contributed by atoms with Gasteiger partial charge in [-0.2, -0.15) is 0 Å². The molecule has 0 aromatic heterocycles. The summed E-state index contributed by atoms with van der Waals surface area (Å²) in [5, 5.41) is 3.30. The van der Waals surface area contributed by atoms with Gasteiger partial charge in [0.1, 0.15) is 0 Å². The quantitative estimate of drug-likeness (QED) is 0.331. The number of rotatable bonds is 7. The first-order chi connectivity index (χ1) is 13.6. The van der Waals surface area contributed by atoms with Gasteiger partial charge < -0.3 is 16.0 Å². The molecule has 3 rings (SSSR count). The molecule has 0 atom stereocenters. The van der Waals surface area contributed by atoms with Crippen molar-refractivity contribution in [1.29, 1.82) is 0 Å². The van der Waals surface area contributed by atoms with E-state index < -0.39 is 0 Å². The summed E-state index contributed by atoms with van der Waals surface area (Å²) in [4.78, 5) is 18.2. The number of hydrogen-bond donors (Lipinski definition) is 2. The van der Waals surface area contributed by atoms with Crippen molar-refractivity contribution >= 4 is 41.5 Å². The van der Waals surface area contributed by atoms with Crippen LogP contribution in [-0.4, -0.2) is 23.3 Å². The van der Waals surface area contributed by atoms with E-state index in [1.165, 1.54) is 11.1 Å². The largest absolute Gasteiger partial charge is 0.370 e. The number of aryl methyl sites for hydroxylation is 2. The number of aliphatic imine (C=N–C) groups is 1. The first kappa shape index (κ1) is 23.2. The highest BCUT2D eigenvalue weighted by Gasteiger charge is 2.19. The van der Waals surface area contributed by atoms with Crippen LogP contribution in [0.4, 0.5) is 5.69 Å². The van der Waals surface area contributed by atoms with Crippen LogP contribution in [0, 0.1) is 0 Å². The van der Waals surface area contributed by atoms with E-state index in [-0.39, 0.29) is 29.9 Å². The molecule has 1 heterocycles. The molecule has 1 amide bonds. The summed E-state index contributed by atoms with van der Waals surface area (Å²) >= 11 is 0. The molecule has 156 valence electrons. The Morgan fingerprint density at radius 1 is 1.07 bits per heavy atom. The van der Waals surface area contributed by atoms with Gasteiger partial charge in [0.05, 0.1) is 6.54 Å². The van der Waals surface area contributed by atoms with E-state index in [2.05, 4.69) is 66.6 Å². The fraction of sp³-hybridized carbons (Fsp3) is 0.391. The average Bonchev–Trinajstić information content (AvgIpc) is 3.12. The minimum absolute atomic E-state index is 0. The standard InChI is InChI=1S/C23H30N4O.HI/c1-3-19-7-5-8-20(4-2)22(19)26-23(24)25-15-17-10-12-18(13-11-17)16-27-14-6-9-21(27)28;/h5,7-8,10-13H,3-4,6,9,14-16H2,1-2H3,(H3,24,25,26);1H. The summed E-state index contributed by atoms with van der Waals surface area (Å²) < 4.78 is 0. The van der Waals surface area contributed by atoms with Gasteiger partial charge in [-0.05, 0) is 41.5 Å². The summed E-state index contributed by atoms with van der Waals surface area (Å²) in [6, 6.07) is 14.6. The summed E-state index contributed by atoms with van der Waals surface area (Å²) in [6.07, 6.45) is 3.55. The molecule has 3 N–H and O–H groups in total. The molecule has 1 aliphatic heterocycles. The first-order valence-corrected chi connectivity index (χ1v) is 10.1. The number of hydrogen-bond acceptors (Lipinski definition) is 2. The Balaban J connectivity index is 0.00000300. The highest BCUT2D eigenvalue weighted by Crippen LogP contribution is 2.22. The minimum atomic E-state index is 0. The SMILES string of the molecule is CCc1cccc(CC)c1NC(N)=NCc1ccc(CN2CCCC2=O)cc1.I. The number of likely N-dealkylation sites (tertiary alicyclic amines) is 1. The highest BCUT2D eigenvalue weighted by atomic mass is 127. The first-order valence-electron chi connectivity index (χ1n) is 10.1. The van der Waals surface area contributed by atoms with Gasteiger partial charge in [-0.25, -0.2) is 4.99 Å². The zero-order valence-electron chi connectivity index (χ0n) is 17.3. The molecule has 6 heteroatoms. The van der Waals surface area contributed by atoms with Crippen LogP contribution in [0.3, 0.4) is 0 Å². The van der Waals surface area contributed by atoms with E-state index in [0.29, 0.717) is 25.5 Å². The number of nitrogens with one attached hydrogen (secondary N) is 1. The van der Waals surface area contributed by atoms with Crippen molar-refractivity contribution in [2.75, 3.05) is 11.9 Å². The van der Waals surface area contributed by atoms with Gasteiger partial charge >= 0.3 is 0 Å². The third-order valence-corrected chi connectivity index (χ3v) is 5.25. The van der Waals surface area contributed by atoms with Crippen molar-refractivity contribution in [2.24, 2.45) is 10.7 Å². The summed E-state index contributed by atoms with van der Waals surface area (Å²) in [6.45, 7) is 6.37. The number of amides is 1. The van der Waals surface area contributed by atoms with Crippen LogP contribution in [0.15, 0.2) is 47.5 Å². The minimum Gasteiger partial charge on any atom is -0.370 e. The van der Waals surface area contributed by atoms with E-state index in [4.69, 9.17) is 5.73 Å². The highest BCUT2D eigenvalue weighted by molar-refractivity contribution is 14.0. The predicted molar refractivity (Wildman–Crippen MR) is 131 cm³/mol. The maximum absolute atomic E-state index is 11.8. The van der Waals surface area contributed by atoms with Gasteiger partial charge in [0.15, 0.2) is 5.96 Å². The normalized spacial score (nSPS) is 14.1. The Bertz CT molecular complexity index is 826. The van der Waals surface area contributed by atoms with Crippen molar-refractivity contribution < 1.29 is 4.79 Å². The number of para-hydroxylation sites is 1. The van der Waals surface area contributed by atoms with Gasteiger partial charge in [-0.15, -0.1) is 24.0 Å². The second kappa shape index (κ2) is 11.2. The second-order valence-corrected chi connectivity index (χ2v) is 7.22. The number of carbonyl (C=O) groups is 1. The van der Waals surface area contributed by atoms with E-state index in [0.717, 1.165) is 42.6 Å². The number of benzene rings is 2. The van der Waals surface area contributed by atoms with Crippen molar-refractivity contribution in [2.45, 2.75) is 52.6 Å². The predicted octanol–water partition coefficient (Wildman–Crippen LogP) is 4.48. The van der Waals surface area contributed by atoms with Crippen LogP contribution in [-0.2, 0) is 30.7 Å². The van der Waals surface area contributed by atoms with Crippen molar-refractivity contribution in [3.63, 3.8) is 0 Å². The zero-order valence-corrected chi connectivity index (χ0v) is 19.6. The molecule has 29 heavy (non-hydrogen) atoms. The van der Waals surface area contributed by atoms with Crippen LogP contribution >= 0.6 is 24.0 Å². The molecule has 0 bridgehead atoms. The number of guanidine groups is 1. The lowest BCUT2D eigenvalue weighted by atomic mass is 10.0. The molecule has 0 unspecified atom stereocenters. The van der Waals surface area contributed by atoms with Gasteiger partial charge in [0.2, 0.25) is 5.91 Å².